The van der Waals surface area contributed by atoms with Crippen LogP contribution in [0.3, 0.4) is 0 Å². The lowest BCUT2D eigenvalue weighted by Crippen LogP contribution is -2.03. The van der Waals surface area contributed by atoms with Crippen molar-refractivity contribution in [2.24, 2.45) is 0 Å². The Balaban J connectivity index is 3.54. The molecule has 6 heteroatoms. The summed E-state index contributed by atoms with van der Waals surface area (Å²) in [5.41, 5.74) is 5.11. The molecule has 1 aromatic carbocycles. The second kappa shape index (κ2) is 5.77. The Morgan fingerprint density at radius 2 is 0.833 bits per heavy atom. The Morgan fingerprint density at radius 3 is 1.00 bits per heavy atom. The molecule has 0 saturated heterocycles. The molecule has 0 N–H and O–H groups in total. The highest BCUT2D eigenvalue weighted by molar-refractivity contribution is 7.30. The van der Waals surface area contributed by atoms with E-state index < -0.39 is 15.4 Å². The van der Waals surface area contributed by atoms with Gasteiger partial charge >= 0.3 is 15.4 Å². The molecule has 0 aliphatic carbocycles. The van der Waals surface area contributed by atoms with Crippen LogP contribution in [0.25, 0.3) is 0 Å². The first-order chi connectivity index (χ1) is 8.25. The number of hydrogen-bond acceptors (Lipinski definition) is 4. The predicted molar refractivity (Wildman–Crippen MR) is 69.4 cm³/mol. The summed E-state index contributed by atoms with van der Waals surface area (Å²) in [6.07, 6.45) is 0.0247. The molecule has 98 valence electrons. The van der Waals surface area contributed by atoms with Gasteiger partial charge in [0.05, 0.1) is 12.3 Å². The van der Waals surface area contributed by atoms with Crippen molar-refractivity contribution >= 4 is 15.4 Å². The zero-order chi connectivity index (χ0) is 14.0. The van der Waals surface area contributed by atoms with E-state index in [1.165, 1.54) is 0 Å². The number of rotatable bonds is 4. The van der Waals surface area contributed by atoms with Crippen LogP contribution in [0.15, 0.2) is 0 Å². The van der Waals surface area contributed by atoms with E-state index in [1.807, 2.05) is 27.7 Å². The molecule has 0 aliphatic rings. The molecule has 0 saturated carbocycles. The molecule has 0 heterocycles. The third kappa shape index (κ3) is 3.07. The van der Waals surface area contributed by atoms with Gasteiger partial charge in [0.25, 0.3) is 0 Å². The van der Waals surface area contributed by atoms with Gasteiger partial charge in [0.2, 0.25) is 0 Å². The van der Waals surface area contributed by atoms with Gasteiger partial charge in [0, 0.05) is 0 Å². The topological polar surface area (TPSA) is 68.3 Å². The lowest BCUT2D eigenvalue weighted by molar-refractivity contribution is 0.512. The Hall–Kier alpha value is -0.980. The summed E-state index contributed by atoms with van der Waals surface area (Å²) in [7, 11) is -4.96. The fraction of sp³-hybridized carbons (Fsp3) is 0.500. The van der Waals surface area contributed by atoms with E-state index in [-0.39, 0.29) is 12.3 Å². The summed E-state index contributed by atoms with van der Waals surface area (Å²) in [6.45, 7) is 7.38. The first kappa shape index (κ1) is 15.1. The highest BCUT2D eigenvalue weighted by Gasteiger charge is 2.16. The Morgan fingerprint density at radius 1 is 0.611 bits per heavy atom. The van der Waals surface area contributed by atoms with E-state index in [0.29, 0.717) is 0 Å². The van der Waals surface area contributed by atoms with Crippen molar-refractivity contribution < 1.29 is 18.3 Å². The maximum absolute atomic E-state index is 10.9. The molecular weight excluding hydrogens is 270 g/mol. The second-order valence-electron chi connectivity index (χ2n) is 4.44. The Kier molecular flexibility index (Phi) is 4.84. The average molecular weight is 286 g/mol. The van der Waals surface area contributed by atoms with Gasteiger partial charge in [-0.3, -0.25) is 0 Å². The fourth-order valence-corrected chi connectivity index (χ4v) is 3.67. The van der Waals surface area contributed by atoms with Crippen LogP contribution in [0.2, 0.25) is 0 Å². The standard InChI is InChI=1S/C12H16O4P2/c1-7-8(2)12(6-18(15)16)10(4)9(3)11(7)5-17(13)14/h5-6H2,1-4H3. The van der Waals surface area contributed by atoms with Crippen molar-refractivity contribution in [1.29, 1.82) is 0 Å². The predicted octanol–water partition coefficient (Wildman–Crippen LogP) is 4.27. The molecule has 1 rings (SSSR count). The number of hydrogen-bond donors (Lipinski definition) is 0. The van der Waals surface area contributed by atoms with Crippen molar-refractivity contribution in [1.82, 2.24) is 0 Å². The van der Waals surface area contributed by atoms with Crippen LogP contribution in [0.5, 0.6) is 0 Å². The van der Waals surface area contributed by atoms with Crippen molar-refractivity contribution in [3.05, 3.63) is 33.4 Å². The van der Waals surface area contributed by atoms with Crippen molar-refractivity contribution in [3.8, 4) is 0 Å². The van der Waals surface area contributed by atoms with Crippen molar-refractivity contribution in [3.63, 3.8) is 0 Å². The van der Waals surface area contributed by atoms with Crippen LogP contribution >= 0.6 is 15.4 Å². The molecule has 0 amide bonds. The summed E-state index contributed by atoms with van der Waals surface area (Å²) in [5.74, 6) is 0. The van der Waals surface area contributed by atoms with E-state index in [2.05, 4.69) is 0 Å². The summed E-state index contributed by atoms with van der Waals surface area (Å²) in [6, 6.07) is 0. The van der Waals surface area contributed by atoms with Gasteiger partial charge in [-0.15, -0.1) is 0 Å². The van der Waals surface area contributed by atoms with Crippen LogP contribution in [0.1, 0.15) is 33.4 Å². The van der Waals surface area contributed by atoms with E-state index >= 15 is 0 Å². The molecule has 0 aliphatic heterocycles. The lowest BCUT2D eigenvalue weighted by atomic mass is 9.90. The molecule has 0 unspecified atom stereocenters. The van der Waals surface area contributed by atoms with E-state index in [4.69, 9.17) is 0 Å². The van der Waals surface area contributed by atoms with Gasteiger partial charge in [0.15, 0.2) is 0 Å². The number of benzene rings is 1. The van der Waals surface area contributed by atoms with Gasteiger partial charge < -0.3 is 0 Å². The fourth-order valence-electron chi connectivity index (χ4n) is 2.20. The van der Waals surface area contributed by atoms with Crippen molar-refractivity contribution in [2.45, 2.75) is 40.0 Å². The molecular formula is C12H16O4P2. The zero-order valence-corrected chi connectivity index (χ0v) is 12.7. The van der Waals surface area contributed by atoms with Gasteiger partial charge in [-0.25, -0.2) is 18.3 Å². The third-order valence-corrected chi connectivity index (χ3v) is 4.66. The molecule has 0 atom stereocenters. The van der Waals surface area contributed by atoms with Gasteiger partial charge in [0.1, 0.15) is 0 Å². The maximum Gasteiger partial charge on any atom is 0.320 e. The second-order valence-corrected chi connectivity index (χ2v) is 6.40. The van der Waals surface area contributed by atoms with Gasteiger partial charge in [-0.1, -0.05) is 0 Å². The maximum atomic E-state index is 10.9. The molecule has 0 bridgehead atoms. The van der Waals surface area contributed by atoms with Crippen molar-refractivity contribution in [2.75, 3.05) is 0 Å². The van der Waals surface area contributed by atoms with Crippen LogP contribution in [0, 0.1) is 27.7 Å². The normalized spacial score (nSPS) is 10.4. The highest BCUT2D eigenvalue weighted by Crippen LogP contribution is 2.32. The molecule has 1 aromatic rings. The SMILES string of the molecule is Cc1c(C)c(CP(=O)=O)c(C)c(C)c1CP(=O)=O. The molecule has 18 heavy (non-hydrogen) atoms. The molecule has 0 spiro atoms. The first-order valence-corrected chi connectivity index (χ1v) is 8.30. The Bertz CT molecular complexity index is 525. The monoisotopic (exact) mass is 286 g/mol. The summed E-state index contributed by atoms with van der Waals surface area (Å²) in [5, 5.41) is 0. The Labute approximate surface area is 107 Å². The minimum absolute atomic E-state index is 0.0124. The smallest absolute Gasteiger partial charge is 0.237 e. The lowest BCUT2D eigenvalue weighted by Gasteiger charge is -2.17. The minimum atomic E-state index is -2.48. The highest BCUT2D eigenvalue weighted by atomic mass is 31.1. The van der Waals surface area contributed by atoms with E-state index in [0.717, 1.165) is 33.4 Å². The molecule has 0 radical (unpaired) electrons. The van der Waals surface area contributed by atoms with Gasteiger partial charge in [-0.2, -0.15) is 0 Å². The molecule has 4 nitrogen and oxygen atoms in total. The molecule has 0 fully saturated rings. The van der Waals surface area contributed by atoms with Crippen LogP contribution < -0.4 is 0 Å². The van der Waals surface area contributed by atoms with E-state index in [9.17, 15) is 18.3 Å². The largest absolute Gasteiger partial charge is 0.320 e. The summed E-state index contributed by atoms with van der Waals surface area (Å²) >= 11 is 0. The van der Waals surface area contributed by atoms with Crippen LogP contribution in [0.4, 0.5) is 0 Å². The molecule has 0 aromatic heterocycles. The minimum Gasteiger partial charge on any atom is -0.237 e. The first-order valence-electron chi connectivity index (χ1n) is 5.57. The van der Waals surface area contributed by atoms with E-state index in [1.54, 1.807) is 0 Å². The summed E-state index contributed by atoms with van der Waals surface area (Å²) < 4.78 is 43.6. The summed E-state index contributed by atoms with van der Waals surface area (Å²) in [4.78, 5) is 0. The average Bonchev–Trinajstić information content (AvgIpc) is 2.27. The van der Waals surface area contributed by atoms with Crippen LogP contribution in [-0.2, 0) is 30.6 Å². The van der Waals surface area contributed by atoms with Crippen LogP contribution in [-0.4, -0.2) is 0 Å². The quantitative estimate of drug-likeness (QED) is 0.775. The van der Waals surface area contributed by atoms with Gasteiger partial charge in [-0.05, 0) is 61.1 Å². The third-order valence-electron chi connectivity index (χ3n) is 3.51. The zero-order valence-electron chi connectivity index (χ0n) is 10.9.